The normalized spacial score (nSPS) is 12.9. The predicted octanol–water partition coefficient (Wildman–Crippen LogP) is 5.18. The van der Waals surface area contributed by atoms with Crippen molar-refractivity contribution in [1.29, 1.82) is 0 Å². The van der Waals surface area contributed by atoms with Crippen LogP contribution in [0.3, 0.4) is 0 Å². The van der Waals surface area contributed by atoms with E-state index in [2.05, 4.69) is 5.32 Å². The Morgan fingerprint density at radius 2 is 1.53 bits per heavy atom. The highest BCUT2D eigenvalue weighted by Gasteiger charge is 2.32. The van der Waals surface area contributed by atoms with Gasteiger partial charge in [-0.15, -0.1) is 0 Å². The minimum atomic E-state index is -4.13. The Morgan fingerprint density at radius 1 is 0.921 bits per heavy atom. The van der Waals surface area contributed by atoms with Gasteiger partial charge in [0.05, 0.1) is 10.6 Å². The number of halogens is 1. The van der Waals surface area contributed by atoms with Crippen LogP contribution in [0.1, 0.15) is 38.3 Å². The van der Waals surface area contributed by atoms with Crippen LogP contribution in [0.2, 0.25) is 5.02 Å². The molecule has 3 aromatic carbocycles. The summed E-state index contributed by atoms with van der Waals surface area (Å²) in [5.41, 5.74) is 2.12. The summed E-state index contributed by atoms with van der Waals surface area (Å²) in [5, 5.41) is 3.33. The standard InChI is InChI=1S/C29H34ClN3O4S/c1-5-22(3)31-29(35)23(4)32(19-24-9-7-6-8-10-24)28(34)20-33(26-15-11-21(2)12-16-26)38(36,37)27-17-13-25(30)14-18-27/h6-18,22-23H,5,19-20H2,1-4H3,(H,31,35)/t22-,23+/m1/s1. The summed E-state index contributed by atoms with van der Waals surface area (Å²) in [6, 6.07) is 21.1. The monoisotopic (exact) mass is 555 g/mol. The number of rotatable bonds is 11. The molecule has 0 spiro atoms. The smallest absolute Gasteiger partial charge is 0.264 e. The number of carbonyl (C=O) groups is 2. The maximum Gasteiger partial charge on any atom is 0.264 e. The van der Waals surface area contributed by atoms with Crippen LogP contribution >= 0.6 is 11.6 Å². The van der Waals surface area contributed by atoms with Crippen molar-refractivity contribution in [3.05, 3.63) is 95.0 Å². The maximum absolute atomic E-state index is 13.9. The highest BCUT2D eigenvalue weighted by molar-refractivity contribution is 7.92. The van der Waals surface area contributed by atoms with Crippen LogP contribution in [0.15, 0.2) is 83.8 Å². The van der Waals surface area contributed by atoms with Crippen LogP contribution in [0, 0.1) is 6.92 Å². The summed E-state index contributed by atoms with van der Waals surface area (Å²) in [6.07, 6.45) is 0.742. The average molecular weight is 556 g/mol. The molecule has 0 saturated carbocycles. The molecule has 7 nitrogen and oxygen atoms in total. The minimum Gasteiger partial charge on any atom is -0.352 e. The first-order chi connectivity index (χ1) is 18.0. The molecule has 0 saturated heterocycles. The number of sulfonamides is 1. The second-order valence-corrected chi connectivity index (χ2v) is 11.6. The molecule has 0 aromatic heterocycles. The summed E-state index contributed by atoms with van der Waals surface area (Å²) >= 11 is 5.98. The number of nitrogens with one attached hydrogen (secondary N) is 1. The Labute approximate surface area is 230 Å². The van der Waals surface area contributed by atoms with E-state index in [-0.39, 0.29) is 23.4 Å². The van der Waals surface area contributed by atoms with Gasteiger partial charge in [-0.2, -0.15) is 0 Å². The van der Waals surface area contributed by atoms with Gasteiger partial charge in [-0.25, -0.2) is 8.42 Å². The minimum absolute atomic E-state index is 0.00689. The Morgan fingerprint density at radius 3 is 2.11 bits per heavy atom. The fourth-order valence-corrected chi connectivity index (χ4v) is 5.34. The Bertz CT molecular complexity index is 1330. The lowest BCUT2D eigenvalue weighted by Crippen LogP contribution is -2.52. The number of carbonyl (C=O) groups excluding carboxylic acids is 2. The van der Waals surface area contributed by atoms with Crippen molar-refractivity contribution in [3.63, 3.8) is 0 Å². The fraction of sp³-hybridized carbons (Fsp3) is 0.310. The molecule has 38 heavy (non-hydrogen) atoms. The van der Waals surface area contributed by atoms with E-state index in [1.807, 2.05) is 51.1 Å². The molecule has 0 aliphatic carbocycles. The number of amides is 2. The van der Waals surface area contributed by atoms with Crippen molar-refractivity contribution in [2.75, 3.05) is 10.8 Å². The Kier molecular flexibility index (Phi) is 9.94. The molecule has 1 N–H and O–H groups in total. The van der Waals surface area contributed by atoms with E-state index in [9.17, 15) is 18.0 Å². The molecule has 2 amide bonds. The summed E-state index contributed by atoms with van der Waals surface area (Å²) in [5.74, 6) is -0.801. The van der Waals surface area contributed by atoms with Crippen molar-refractivity contribution in [2.45, 2.75) is 57.6 Å². The molecule has 0 bridgehead atoms. The van der Waals surface area contributed by atoms with E-state index < -0.39 is 28.5 Å². The van der Waals surface area contributed by atoms with Gasteiger partial charge in [0.2, 0.25) is 11.8 Å². The van der Waals surface area contributed by atoms with E-state index in [4.69, 9.17) is 11.6 Å². The van der Waals surface area contributed by atoms with Gasteiger partial charge in [0.1, 0.15) is 12.6 Å². The van der Waals surface area contributed by atoms with Gasteiger partial charge in [-0.3, -0.25) is 13.9 Å². The van der Waals surface area contributed by atoms with Crippen LogP contribution in [-0.4, -0.2) is 43.8 Å². The third-order valence-corrected chi connectivity index (χ3v) is 8.41. The first-order valence-electron chi connectivity index (χ1n) is 12.5. The van der Waals surface area contributed by atoms with Crippen molar-refractivity contribution >= 4 is 39.1 Å². The van der Waals surface area contributed by atoms with Crippen molar-refractivity contribution in [2.24, 2.45) is 0 Å². The van der Waals surface area contributed by atoms with E-state index >= 15 is 0 Å². The number of hydrogen-bond donors (Lipinski definition) is 1. The van der Waals surface area contributed by atoms with Gasteiger partial charge in [0.25, 0.3) is 10.0 Å². The van der Waals surface area contributed by atoms with Crippen molar-refractivity contribution in [1.82, 2.24) is 10.2 Å². The molecule has 202 valence electrons. The van der Waals surface area contributed by atoms with E-state index in [1.54, 1.807) is 31.2 Å². The van der Waals surface area contributed by atoms with Gasteiger partial charge in [-0.1, -0.05) is 66.6 Å². The van der Waals surface area contributed by atoms with Gasteiger partial charge >= 0.3 is 0 Å². The first-order valence-corrected chi connectivity index (χ1v) is 14.3. The quantitative estimate of drug-likeness (QED) is 0.353. The predicted molar refractivity (Wildman–Crippen MR) is 152 cm³/mol. The molecule has 3 aromatic rings. The number of anilines is 1. The van der Waals surface area contributed by atoms with Gasteiger partial charge in [0, 0.05) is 17.6 Å². The summed E-state index contributed by atoms with van der Waals surface area (Å²) in [6.45, 7) is 7.07. The summed E-state index contributed by atoms with van der Waals surface area (Å²) in [4.78, 5) is 28.3. The molecule has 9 heteroatoms. The van der Waals surface area contributed by atoms with Crippen LogP contribution in [-0.2, 0) is 26.2 Å². The van der Waals surface area contributed by atoms with Crippen molar-refractivity contribution in [3.8, 4) is 0 Å². The second kappa shape index (κ2) is 12.9. The van der Waals surface area contributed by atoms with Crippen LogP contribution in [0.5, 0.6) is 0 Å². The van der Waals surface area contributed by atoms with Gasteiger partial charge in [-0.05, 0) is 69.2 Å². The molecular formula is C29H34ClN3O4S. The zero-order valence-corrected chi connectivity index (χ0v) is 23.7. The van der Waals surface area contributed by atoms with E-state index in [1.165, 1.54) is 29.2 Å². The van der Waals surface area contributed by atoms with Crippen LogP contribution in [0.4, 0.5) is 5.69 Å². The SMILES string of the molecule is CC[C@@H](C)NC(=O)[C@H](C)N(Cc1ccccc1)C(=O)CN(c1ccc(C)cc1)S(=O)(=O)c1ccc(Cl)cc1. The topological polar surface area (TPSA) is 86.8 Å². The largest absolute Gasteiger partial charge is 0.352 e. The van der Waals surface area contributed by atoms with Crippen molar-refractivity contribution < 1.29 is 18.0 Å². The van der Waals surface area contributed by atoms with Gasteiger partial charge < -0.3 is 10.2 Å². The number of benzene rings is 3. The van der Waals surface area contributed by atoms with Gasteiger partial charge in [0.15, 0.2) is 0 Å². The molecule has 0 aliphatic heterocycles. The summed E-state index contributed by atoms with van der Waals surface area (Å²) < 4.78 is 28.6. The second-order valence-electron chi connectivity index (χ2n) is 9.30. The number of hydrogen-bond acceptors (Lipinski definition) is 4. The lowest BCUT2D eigenvalue weighted by atomic mass is 10.1. The highest BCUT2D eigenvalue weighted by atomic mass is 35.5. The van der Waals surface area contributed by atoms with Crippen LogP contribution < -0.4 is 9.62 Å². The molecular weight excluding hydrogens is 522 g/mol. The molecule has 0 aliphatic rings. The maximum atomic E-state index is 13.9. The third kappa shape index (κ3) is 7.36. The fourth-order valence-electron chi connectivity index (χ4n) is 3.80. The molecule has 0 radical (unpaired) electrons. The Balaban J connectivity index is 2.00. The molecule has 2 atom stereocenters. The Hall–Kier alpha value is -3.36. The molecule has 0 unspecified atom stereocenters. The number of aryl methyl sites for hydroxylation is 1. The molecule has 3 rings (SSSR count). The first kappa shape index (κ1) is 29.2. The lowest BCUT2D eigenvalue weighted by Gasteiger charge is -2.32. The van der Waals surface area contributed by atoms with E-state index in [0.29, 0.717) is 10.7 Å². The van der Waals surface area contributed by atoms with E-state index in [0.717, 1.165) is 21.9 Å². The average Bonchev–Trinajstić information content (AvgIpc) is 2.91. The zero-order chi connectivity index (χ0) is 27.9. The summed E-state index contributed by atoms with van der Waals surface area (Å²) in [7, 11) is -4.13. The molecule has 0 fully saturated rings. The highest BCUT2D eigenvalue weighted by Crippen LogP contribution is 2.26. The zero-order valence-electron chi connectivity index (χ0n) is 22.1. The van der Waals surface area contributed by atoms with Crippen LogP contribution in [0.25, 0.3) is 0 Å². The lowest BCUT2D eigenvalue weighted by molar-refractivity contribution is -0.139. The number of nitrogens with zero attached hydrogens (tertiary/aromatic N) is 2. The molecule has 0 heterocycles. The third-order valence-electron chi connectivity index (χ3n) is 6.37.